The van der Waals surface area contributed by atoms with Crippen LogP contribution >= 0.6 is 22.7 Å². The predicted octanol–water partition coefficient (Wildman–Crippen LogP) is 2.19. The highest BCUT2D eigenvalue weighted by Crippen LogP contribution is 2.26. The number of aryl methyl sites for hydroxylation is 2. The largest absolute Gasteiger partial charge is 0.345 e. The highest BCUT2D eigenvalue weighted by molar-refractivity contribution is 7.20. The van der Waals surface area contributed by atoms with Gasteiger partial charge in [-0.3, -0.25) is 0 Å². The van der Waals surface area contributed by atoms with Crippen molar-refractivity contribution in [1.29, 1.82) is 0 Å². The van der Waals surface area contributed by atoms with Crippen LogP contribution in [0.25, 0.3) is 4.96 Å². The van der Waals surface area contributed by atoms with Crippen LogP contribution in [0.1, 0.15) is 11.4 Å². The second-order valence-electron chi connectivity index (χ2n) is 5.24. The lowest BCUT2D eigenvalue weighted by atomic mass is 10.3. The Kier molecular flexibility index (Phi) is 3.07. The maximum Gasteiger partial charge on any atom is 0.214 e. The molecule has 1 fully saturated rings. The summed E-state index contributed by atoms with van der Waals surface area (Å²) in [7, 11) is 0. The summed E-state index contributed by atoms with van der Waals surface area (Å²) in [6.45, 7) is 7.99. The zero-order chi connectivity index (χ0) is 14.4. The standard InChI is InChI=1S/C13H16N6S2/c1-9-7-19-12(14-9)21-13(16-19)18-5-3-17(4-6-18)11-15-10(2)8-20-11/h7-8H,3-6H2,1-2H3. The summed E-state index contributed by atoms with van der Waals surface area (Å²) < 4.78 is 1.88. The van der Waals surface area contributed by atoms with Gasteiger partial charge in [0, 0.05) is 31.6 Å². The van der Waals surface area contributed by atoms with Gasteiger partial charge in [-0.25, -0.2) is 14.5 Å². The first-order chi connectivity index (χ1) is 10.2. The van der Waals surface area contributed by atoms with Crippen molar-refractivity contribution in [1.82, 2.24) is 19.6 Å². The van der Waals surface area contributed by atoms with Crippen LogP contribution in [0.2, 0.25) is 0 Å². The molecule has 110 valence electrons. The Morgan fingerprint density at radius 1 is 0.952 bits per heavy atom. The normalized spacial score (nSPS) is 16.1. The number of hydrogen-bond acceptors (Lipinski definition) is 7. The zero-order valence-corrected chi connectivity index (χ0v) is 13.6. The Bertz CT molecular complexity index is 733. The molecule has 21 heavy (non-hydrogen) atoms. The van der Waals surface area contributed by atoms with E-state index in [1.165, 1.54) is 0 Å². The number of nitrogens with zero attached hydrogens (tertiary/aromatic N) is 6. The highest BCUT2D eigenvalue weighted by Gasteiger charge is 2.22. The summed E-state index contributed by atoms with van der Waals surface area (Å²) in [6, 6.07) is 0. The van der Waals surface area contributed by atoms with Crippen molar-refractivity contribution in [3.05, 3.63) is 23.0 Å². The van der Waals surface area contributed by atoms with Crippen LogP contribution in [-0.4, -0.2) is 45.8 Å². The van der Waals surface area contributed by atoms with Crippen LogP contribution < -0.4 is 9.80 Å². The third-order valence-corrected chi connectivity index (χ3v) is 5.58. The molecule has 0 aromatic carbocycles. The first-order valence-corrected chi connectivity index (χ1v) is 8.63. The molecule has 0 saturated carbocycles. The summed E-state index contributed by atoms with van der Waals surface area (Å²) >= 11 is 3.39. The number of hydrogen-bond donors (Lipinski definition) is 0. The molecule has 8 heteroatoms. The lowest BCUT2D eigenvalue weighted by molar-refractivity contribution is 0.646. The fourth-order valence-electron chi connectivity index (χ4n) is 2.50. The number of fused-ring (bicyclic) bond motifs is 1. The van der Waals surface area contributed by atoms with Crippen molar-refractivity contribution in [2.75, 3.05) is 36.0 Å². The van der Waals surface area contributed by atoms with E-state index in [9.17, 15) is 0 Å². The Morgan fingerprint density at radius 2 is 1.67 bits per heavy atom. The Morgan fingerprint density at radius 3 is 2.29 bits per heavy atom. The molecule has 0 spiro atoms. The molecule has 3 aromatic rings. The molecule has 6 nitrogen and oxygen atoms in total. The second-order valence-corrected chi connectivity index (χ2v) is 7.01. The number of thiazole rings is 1. The van der Waals surface area contributed by atoms with Gasteiger partial charge in [-0.15, -0.1) is 16.4 Å². The number of aromatic nitrogens is 4. The predicted molar refractivity (Wildman–Crippen MR) is 86.9 cm³/mol. The topological polar surface area (TPSA) is 49.6 Å². The molecule has 0 N–H and O–H groups in total. The Labute approximate surface area is 130 Å². The highest BCUT2D eigenvalue weighted by atomic mass is 32.1. The minimum Gasteiger partial charge on any atom is -0.345 e. The number of imidazole rings is 1. The average Bonchev–Trinajstić information content (AvgIpc) is 3.13. The summed E-state index contributed by atoms with van der Waals surface area (Å²) in [4.78, 5) is 14.7. The molecule has 3 aromatic heterocycles. The van der Waals surface area contributed by atoms with E-state index in [2.05, 4.69) is 30.2 Å². The molecule has 1 aliphatic rings. The monoisotopic (exact) mass is 320 g/mol. The third kappa shape index (κ3) is 2.38. The fourth-order valence-corrected chi connectivity index (χ4v) is 4.34. The van der Waals surface area contributed by atoms with Gasteiger partial charge in [0.25, 0.3) is 0 Å². The van der Waals surface area contributed by atoms with E-state index in [0.717, 1.165) is 52.8 Å². The molecule has 0 unspecified atom stereocenters. The van der Waals surface area contributed by atoms with E-state index in [0.29, 0.717) is 0 Å². The molecule has 1 saturated heterocycles. The van der Waals surface area contributed by atoms with E-state index in [1.54, 1.807) is 22.7 Å². The molecule has 0 aliphatic carbocycles. The Balaban J connectivity index is 1.47. The number of piperazine rings is 1. The Hall–Kier alpha value is -1.67. The third-order valence-electron chi connectivity index (χ3n) is 3.58. The zero-order valence-electron chi connectivity index (χ0n) is 12.0. The van der Waals surface area contributed by atoms with Gasteiger partial charge in [-0.1, -0.05) is 11.3 Å². The van der Waals surface area contributed by atoms with Gasteiger partial charge in [0.15, 0.2) is 5.13 Å². The lowest BCUT2D eigenvalue weighted by Gasteiger charge is -2.34. The minimum atomic E-state index is 0.973. The first-order valence-electron chi connectivity index (χ1n) is 6.94. The van der Waals surface area contributed by atoms with Crippen molar-refractivity contribution in [2.45, 2.75) is 13.8 Å². The van der Waals surface area contributed by atoms with Gasteiger partial charge in [0.2, 0.25) is 10.1 Å². The van der Waals surface area contributed by atoms with Crippen molar-refractivity contribution in [3.8, 4) is 0 Å². The molecule has 4 heterocycles. The van der Waals surface area contributed by atoms with E-state index < -0.39 is 0 Å². The average molecular weight is 320 g/mol. The van der Waals surface area contributed by atoms with Gasteiger partial charge in [-0.2, -0.15) is 0 Å². The van der Waals surface area contributed by atoms with Crippen LogP contribution in [0.5, 0.6) is 0 Å². The minimum absolute atomic E-state index is 0.973. The van der Waals surface area contributed by atoms with E-state index in [1.807, 2.05) is 24.6 Å². The summed E-state index contributed by atoms with van der Waals surface area (Å²) in [5, 5.41) is 8.94. The second kappa shape index (κ2) is 4.96. The number of anilines is 2. The van der Waals surface area contributed by atoms with Crippen molar-refractivity contribution in [3.63, 3.8) is 0 Å². The summed E-state index contributed by atoms with van der Waals surface area (Å²) in [5.41, 5.74) is 2.12. The van der Waals surface area contributed by atoms with Crippen LogP contribution in [0.3, 0.4) is 0 Å². The van der Waals surface area contributed by atoms with Gasteiger partial charge in [0.1, 0.15) is 0 Å². The fraction of sp³-hybridized carbons (Fsp3) is 0.462. The molecular formula is C13H16N6S2. The SMILES string of the molecule is Cc1csc(N2CCN(c3nn4cc(C)nc4s3)CC2)n1. The van der Waals surface area contributed by atoms with Crippen LogP contribution in [-0.2, 0) is 0 Å². The molecule has 0 atom stereocenters. The molecular weight excluding hydrogens is 304 g/mol. The molecule has 0 amide bonds. The van der Waals surface area contributed by atoms with Gasteiger partial charge < -0.3 is 9.80 Å². The van der Waals surface area contributed by atoms with Crippen LogP contribution in [0, 0.1) is 13.8 Å². The van der Waals surface area contributed by atoms with E-state index in [4.69, 9.17) is 0 Å². The van der Waals surface area contributed by atoms with Crippen molar-refractivity contribution >= 4 is 37.9 Å². The van der Waals surface area contributed by atoms with Crippen LogP contribution in [0.15, 0.2) is 11.6 Å². The van der Waals surface area contributed by atoms with Crippen molar-refractivity contribution in [2.24, 2.45) is 0 Å². The van der Waals surface area contributed by atoms with Gasteiger partial charge >= 0.3 is 0 Å². The van der Waals surface area contributed by atoms with E-state index >= 15 is 0 Å². The molecule has 4 rings (SSSR count). The lowest BCUT2D eigenvalue weighted by Crippen LogP contribution is -2.46. The smallest absolute Gasteiger partial charge is 0.214 e. The number of rotatable bonds is 2. The summed E-state index contributed by atoms with van der Waals surface area (Å²) in [5.74, 6) is 0. The maximum absolute atomic E-state index is 4.63. The van der Waals surface area contributed by atoms with Gasteiger partial charge in [-0.05, 0) is 13.8 Å². The van der Waals surface area contributed by atoms with Crippen molar-refractivity contribution < 1.29 is 0 Å². The van der Waals surface area contributed by atoms with Crippen LogP contribution in [0.4, 0.5) is 10.3 Å². The quantitative estimate of drug-likeness (QED) is 0.724. The first kappa shape index (κ1) is 13.0. The maximum atomic E-state index is 4.63. The molecule has 1 aliphatic heterocycles. The molecule has 0 radical (unpaired) electrons. The molecule has 0 bridgehead atoms. The summed E-state index contributed by atoms with van der Waals surface area (Å²) in [6.07, 6.45) is 1.98. The van der Waals surface area contributed by atoms with E-state index in [-0.39, 0.29) is 0 Å². The van der Waals surface area contributed by atoms with Gasteiger partial charge in [0.05, 0.1) is 17.6 Å².